The zero-order valence-electron chi connectivity index (χ0n) is 24.6. The SMILES string of the molecule is C[C@@H]1Cc2c([nH]c3ccccc23)[C@@H](c2c(F)cc(O[C@@H]3CC[C@H](NC(=O)OC(C)(C)C)C3)cc2F)N1CC(C)(C)F. The molecule has 2 aliphatic rings. The van der Waals surface area contributed by atoms with E-state index in [2.05, 4.69) is 10.3 Å². The zero-order chi connectivity index (χ0) is 29.7. The molecule has 2 N–H and O–H groups in total. The molecule has 4 atom stereocenters. The molecular weight excluding hydrogens is 531 g/mol. The highest BCUT2D eigenvalue weighted by Gasteiger charge is 2.41. The van der Waals surface area contributed by atoms with Crippen LogP contribution in [-0.2, 0) is 11.2 Å². The van der Waals surface area contributed by atoms with E-state index in [0.717, 1.165) is 16.5 Å². The predicted octanol–water partition coefficient (Wildman–Crippen LogP) is 7.35. The molecule has 0 unspecified atom stereocenters. The number of hydrogen-bond donors (Lipinski definition) is 2. The number of nitrogens with zero attached hydrogens (tertiary/aromatic N) is 1. The molecule has 0 radical (unpaired) electrons. The van der Waals surface area contributed by atoms with Crippen molar-refractivity contribution in [1.82, 2.24) is 15.2 Å². The van der Waals surface area contributed by atoms with E-state index in [1.807, 2.05) is 36.1 Å². The van der Waals surface area contributed by atoms with E-state index in [4.69, 9.17) is 9.47 Å². The van der Waals surface area contributed by atoms with Gasteiger partial charge in [-0.1, -0.05) is 18.2 Å². The van der Waals surface area contributed by atoms with Gasteiger partial charge in [-0.3, -0.25) is 4.90 Å². The Balaban J connectivity index is 1.41. The van der Waals surface area contributed by atoms with Crippen LogP contribution >= 0.6 is 0 Å². The van der Waals surface area contributed by atoms with Crippen molar-refractivity contribution in [2.75, 3.05) is 6.54 Å². The molecule has 1 amide bonds. The highest BCUT2D eigenvalue weighted by molar-refractivity contribution is 5.85. The Morgan fingerprint density at radius 3 is 2.44 bits per heavy atom. The number of para-hydroxylation sites is 1. The fraction of sp³-hybridized carbons (Fsp3) is 0.531. The van der Waals surface area contributed by atoms with E-state index in [0.29, 0.717) is 31.4 Å². The number of halogens is 3. The third kappa shape index (κ3) is 6.50. The van der Waals surface area contributed by atoms with E-state index < -0.39 is 35.0 Å². The zero-order valence-corrected chi connectivity index (χ0v) is 24.6. The molecule has 0 bridgehead atoms. The van der Waals surface area contributed by atoms with Crippen molar-refractivity contribution in [2.24, 2.45) is 0 Å². The van der Waals surface area contributed by atoms with Gasteiger partial charge in [-0.05, 0) is 72.4 Å². The number of rotatable bonds is 6. The first-order chi connectivity index (χ1) is 19.2. The second-order valence-corrected chi connectivity index (χ2v) is 13.1. The lowest BCUT2D eigenvalue weighted by molar-refractivity contribution is 0.0502. The third-order valence-electron chi connectivity index (χ3n) is 7.81. The smallest absolute Gasteiger partial charge is 0.407 e. The minimum Gasteiger partial charge on any atom is -0.490 e. The Bertz CT molecular complexity index is 1400. The molecule has 1 aromatic heterocycles. The number of benzene rings is 2. The summed E-state index contributed by atoms with van der Waals surface area (Å²) < 4.78 is 58.2. The lowest BCUT2D eigenvalue weighted by atomic mass is 9.87. The molecule has 6 nitrogen and oxygen atoms in total. The quantitative estimate of drug-likeness (QED) is 0.325. The standard InChI is InChI=1S/C32H40F3N3O3/c1-18-13-23-22-9-7-8-10-26(22)37-28(23)29(38(18)17-32(5,6)35)27-24(33)15-21(16-25(27)34)40-20-12-11-19(14-20)36-30(39)41-31(2,3)4/h7-10,15-16,18-20,29,37H,11-14,17H2,1-6H3,(H,36,39)/t18-,19+,20-,29-/m1/s1. The van der Waals surface area contributed by atoms with Gasteiger partial charge < -0.3 is 19.8 Å². The minimum absolute atomic E-state index is 0.0128. The van der Waals surface area contributed by atoms with E-state index in [-0.39, 0.29) is 36.0 Å². The van der Waals surface area contributed by atoms with Gasteiger partial charge in [0.15, 0.2) is 0 Å². The van der Waals surface area contributed by atoms with Crippen molar-refractivity contribution in [2.45, 2.75) is 103 Å². The molecule has 9 heteroatoms. The summed E-state index contributed by atoms with van der Waals surface area (Å²) in [5, 5.41) is 3.85. The van der Waals surface area contributed by atoms with Crippen LogP contribution in [-0.4, -0.2) is 52.0 Å². The summed E-state index contributed by atoms with van der Waals surface area (Å²) in [6.07, 6.45) is 1.63. The average molecular weight is 572 g/mol. The second-order valence-electron chi connectivity index (χ2n) is 13.1. The number of hydrogen-bond acceptors (Lipinski definition) is 4. The minimum atomic E-state index is -1.57. The van der Waals surface area contributed by atoms with Crippen molar-refractivity contribution in [3.63, 3.8) is 0 Å². The number of nitrogens with one attached hydrogen (secondary N) is 2. The summed E-state index contributed by atoms with van der Waals surface area (Å²) >= 11 is 0. The lowest BCUT2D eigenvalue weighted by Crippen LogP contribution is -2.48. The molecule has 1 saturated carbocycles. The van der Waals surface area contributed by atoms with Crippen LogP contribution in [0.5, 0.6) is 5.75 Å². The number of H-pyrrole nitrogens is 1. The summed E-state index contributed by atoms with van der Waals surface area (Å²) in [6, 6.07) is 9.09. The molecule has 0 spiro atoms. The van der Waals surface area contributed by atoms with Crippen LogP contribution in [0.2, 0.25) is 0 Å². The van der Waals surface area contributed by atoms with Gasteiger partial charge in [0, 0.05) is 59.3 Å². The van der Waals surface area contributed by atoms with E-state index in [1.165, 1.54) is 26.0 Å². The molecule has 5 rings (SSSR count). The van der Waals surface area contributed by atoms with Gasteiger partial charge in [0.25, 0.3) is 0 Å². The molecule has 0 saturated heterocycles. The molecular formula is C32H40F3N3O3. The maximum absolute atomic E-state index is 15.9. The number of fused-ring (bicyclic) bond motifs is 3. The van der Waals surface area contributed by atoms with Crippen LogP contribution in [0.3, 0.4) is 0 Å². The highest BCUT2D eigenvalue weighted by Crippen LogP contribution is 2.44. The Hall–Kier alpha value is -3.20. The molecule has 1 aliphatic carbocycles. The Morgan fingerprint density at radius 1 is 1.10 bits per heavy atom. The molecule has 222 valence electrons. The number of carbonyl (C=O) groups is 1. The maximum atomic E-state index is 15.9. The predicted molar refractivity (Wildman–Crippen MR) is 153 cm³/mol. The van der Waals surface area contributed by atoms with Crippen LogP contribution in [0, 0.1) is 11.6 Å². The highest BCUT2D eigenvalue weighted by atomic mass is 19.1. The lowest BCUT2D eigenvalue weighted by Gasteiger charge is -2.43. The van der Waals surface area contributed by atoms with Crippen LogP contribution < -0.4 is 10.1 Å². The van der Waals surface area contributed by atoms with Gasteiger partial charge >= 0.3 is 6.09 Å². The first kappa shape index (κ1) is 29.3. The van der Waals surface area contributed by atoms with Crippen LogP contribution in [0.15, 0.2) is 36.4 Å². The number of alkyl carbamates (subject to hydrolysis) is 1. The molecule has 41 heavy (non-hydrogen) atoms. The number of alkyl halides is 1. The normalized spacial score (nSPS) is 23.4. The van der Waals surface area contributed by atoms with Crippen molar-refractivity contribution in [1.29, 1.82) is 0 Å². The molecule has 3 aromatic rings. The molecule has 2 aromatic carbocycles. The first-order valence-electron chi connectivity index (χ1n) is 14.4. The van der Waals surface area contributed by atoms with Crippen LogP contribution in [0.4, 0.5) is 18.0 Å². The fourth-order valence-corrected chi connectivity index (χ4v) is 6.23. The summed E-state index contributed by atoms with van der Waals surface area (Å²) in [5.41, 5.74) is 0.267. The van der Waals surface area contributed by atoms with E-state index in [9.17, 15) is 4.79 Å². The van der Waals surface area contributed by atoms with Gasteiger partial charge in [0.1, 0.15) is 34.8 Å². The number of amides is 1. The molecule has 1 aliphatic heterocycles. The van der Waals surface area contributed by atoms with Crippen LogP contribution in [0.1, 0.15) is 83.7 Å². The summed E-state index contributed by atoms with van der Waals surface area (Å²) in [6.45, 7) is 10.3. The maximum Gasteiger partial charge on any atom is 0.407 e. The third-order valence-corrected chi connectivity index (χ3v) is 7.81. The van der Waals surface area contributed by atoms with Crippen LogP contribution in [0.25, 0.3) is 10.9 Å². The largest absolute Gasteiger partial charge is 0.490 e. The van der Waals surface area contributed by atoms with Crippen molar-refractivity contribution in [3.8, 4) is 5.75 Å². The van der Waals surface area contributed by atoms with E-state index in [1.54, 1.807) is 20.8 Å². The Labute approximate surface area is 239 Å². The summed E-state index contributed by atoms with van der Waals surface area (Å²) in [4.78, 5) is 17.4. The van der Waals surface area contributed by atoms with Gasteiger partial charge in [-0.25, -0.2) is 18.0 Å². The number of aromatic nitrogens is 1. The number of ether oxygens (including phenoxy) is 2. The molecule has 1 fully saturated rings. The second kappa shape index (κ2) is 10.9. The van der Waals surface area contributed by atoms with E-state index >= 15 is 13.2 Å². The average Bonchev–Trinajstić information content (AvgIpc) is 3.42. The van der Waals surface area contributed by atoms with Crippen molar-refractivity contribution < 1.29 is 27.4 Å². The number of aromatic amines is 1. The Morgan fingerprint density at radius 2 is 1.78 bits per heavy atom. The topological polar surface area (TPSA) is 66.6 Å². The van der Waals surface area contributed by atoms with Gasteiger partial charge in [0.05, 0.1) is 6.04 Å². The summed E-state index contributed by atoms with van der Waals surface area (Å²) in [7, 11) is 0. The van der Waals surface area contributed by atoms with Gasteiger partial charge in [0.2, 0.25) is 0 Å². The van der Waals surface area contributed by atoms with Gasteiger partial charge in [-0.15, -0.1) is 0 Å². The number of carbonyl (C=O) groups excluding carboxylic acids is 1. The van der Waals surface area contributed by atoms with Crippen molar-refractivity contribution >= 4 is 17.0 Å². The Kier molecular flexibility index (Phi) is 7.78. The molecule has 2 heterocycles. The first-order valence-corrected chi connectivity index (χ1v) is 14.4. The monoisotopic (exact) mass is 571 g/mol. The van der Waals surface area contributed by atoms with Crippen molar-refractivity contribution in [3.05, 3.63) is 64.9 Å². The van der Waals surface area contributed by atoms with Gasteiger partial charge in [-0.2, -0.15) is 0 Å². The fourth-order valence-electron chi connectivity index (χ4n) is 6.23. The summed E-state index contributed by atoms with van der Waals surface area (Å²) in [5.74, 6) is -1.40.